The summed E-state index contributed by atoms with van der Waals surface area (Å²) in [6.07, 6.45) is 1.28. The maximum Gasteiger partial charge on any atom is 0.0488 e. The lowest BCUT2D eigenvalue weighted by Crippen LogP contribution is -2.09. The molecule has 0 N–H and O–H groups in total. The standard InChI is InChI=1S/C3H6O.C2H6O.C2H4/c1-2-4-3-1;1-3-2;1-2/h1-3H2;1-2H3;1-2H2. The summed E-state index contributed by atoms with van der Waals surface area (Å²) in [6, 6.07) is 0. The van der Waals surface area contributed by atoms with Crippen LogP contribution in [0.5, 0.6) is 0 Å². The maximum atomic E-state index is 4.72. The highest BCUT2D eigenvalue weighted by Crippen LogP contribution is 1.93. The molecule has 1 aliphatic rings. The number of hydrogen-bond acceptors (Lipinski definition) is 2. The smallest absolute Gasteiger partial charge is 0.0488 e. The van der Waals surface area contributed by atoms with Crippen molar-refractivity contribution >= 4 is 0 Å². The van der Waals surface area contributed by atoms with Gasteiger partial charge in [-0.05, 0) is 6.42 Å². The topological polar surface area (TPSA) is 18.5 Å². The van der Waals surface area contributed by atoms with E-state index in [0.29, 0.717) is 0 Å². The Morgan fingerprint density at radius 2 is 1.33 bits per heavy atom. The summed E-state index contributed by atoms with van der Waals surface area (Å²) in [5, 5.41) is 0. The molecular formula is C7H16O2. The average Bonchev–Trinajstić information content (AvgIpc) is 1.68. The van der Waals surface area contributed by atoms with Crippen molar-refractivity contribution in [3.63, 3.8) is 0 Å². The molecule has 0 amide bonds. The van der Waals surface area contributed by atoms with E-state index in [9.17, 15) is 0 Å². The summed E-state index contributed by atoms with van der Waals surface area (Å²) in [6.45, 7) is 8.00. The summed E-state index contributed by atoms with van der Waals surface area (Å²) in [5.41, 5.74) is 0. The zero-order valence-electron chi connectivity index (χ0n) is 6.35. The minimum atomic E-state index is 1.00. The molecule has 0 aromatic heterocycles. The van der Waals surface area contributed by atoms with E-state index in [1.54, 1.807) is 14.2 Å². The van der Waals surface area contributed by atoms with Crippen molar-refractivity contribution in [1.29, 1.82) is 0 Å². The average molecular weight is 132 g/mol. The first-order valence-corrected chi connectivity index (χ1v) is 2.89. The van der Waals surface area contributed by atoms with Crippen LogP contribution in [-0.4, -0.2) is 27.4 Å². The third-order valence-corrected chi connectivity index (χ3v) is 0.577. The minimum absolute atomic E-state index is 1.00. The number of rotatable bonds is 0. The molecule has 2 heteroatoms. The van der Waals surface area contributed by atoms with Gasteiger partial charge in [-0.3, -0.25) is 0 Å². The van der Waals surface area contributed by atoms with Gasteiger partial charge in [0.1, 0.15) is 0 Å². The Hall–Kier alpha value is -0.340. The van der Waals surface area contributed by atoms with Crippen LogP contribution >= 0.6 is 0 Å². The Morgan fingerprint density at radius 1 is 1.22 bits per heavy atom. The van der Waals surface area contributed by atoms with E-state index in [1.165, 1.54) is 6.42 Å². The molecule has 0 aliphatic carbocycles. The quantitative estimate of drug-likeness (QED) is 0.465. The predicted octanol–water partition coefficient (Wildman–Crippen LogP) is 1.47. The van der Waals surface area contributed by atoms with E-state index < -0.39 is 0 Å². The summed E-state index contributed by atoms with van der Waals surface area (Å²) >= 11 is 0. The van der Waals surface area contributed by atoms with Gasteiger partial charge in [0.25, 0.3) is 0 Å². The van der Waals surface area contributed by atoms with Gasteiger partial charge in [0.15, 0.2) is 0 Å². The van der Waals surface area contributed by atoms with E-state index in [2.05, 4.69) is 17.9 Å². The largest absolute Gasteiger partial charge is 0.388 e. The number of ether oxygens (including phenoxy) is 2. The van der Waals surface area contributed by atoms with E-state index >= 15 is 0 Å². The van der Waals surface area contributed by atoms with Crippen LogP contribution in [0.2, 0.25) is 0 Å². The summed E-state index contributed by atoms with van der Waals surface area (Å²) in [4.78, 5) is 0. The molecule has 1 fully saturated rings. The van der Waals surface area contributed by atoms with Crippen molar-refractivity contribution in [1.82, 2.24) is 0 Å². The summed E-state index contributed by atoms with van der Waals surface area (Å²) < 4.78 is 8.97. The molecule has 0 radical (unpaired) electrons. The molecule has 1 aliphatic heterocycles. The highest BCUT2D eigenvalue weighted by Gasteiger charge is 1.94. The third kappa shape index (κ3) is 18.3. The van der Waals surface area contributed by atoms with Crippen LogP contribution in [-0.2, 0) is 9.47 Å². The van der Waals surface area contributed by atoms with Crippen LogP contribution in [0.15, 0.2) is 13.2 Å². The van der Waals surface area contributed by atoms with E-state index in [1.807, 2.05) is 0 Å². The van der Waals surface area contributed by atoms with Crippen molar-refractivity contribution in [3.05, 3.63) is 13.2 Å². The third-order valence-electron chi connectivity index (χ3n) is 0.577. The second-order valence-electron chi connectivity index (χ2n) is 1.37. The lowest BCUT2D eigenvalue weighted by atomic mass is 10.4. The number of hydrogen-bond donors (Lipinski definition) is 0. The van der Waals surface area contributed by atoms with Gasteiger partial charge in [0.2, 0.25) is 0 Å². The second-order valence-corrected chi connectivity index (χ2v) is 1.37. The van der Waals surface area contributed by atoms with Crippen LogP contribution in [0.4, 0.5) is 0 Å². The molecule has 0 bridgehead atoms. The van der Waals surface area contributed by atoms with Crippen molar-refractivity contribution in [2.45, 2.75) is 6.42 Å². The number of methoxy groups -OCH3 is 1. The molecule has 1 saturated heterocycles. The van der Waals surface area contributed by atoms with Gasteiger partial charge in [0, 0.05) is 27.4 Å². The molecule has 1 heterocycles. The highest BCUT2D eigenvalue weighted by atomic mass is 16.5. The van der Waals surface area contributed by atoms with Gasteiger partial charge < -0.3 is 9.47 Å². The molecule has 0 saturated carbocycles. The molecule has 0 aromatic rings. The first-order valence-electron chi connectivity index (χ1n) is 2.89. The Kier molecular flexibility index (Phi) is 19.9. The lowest BCUT2D eigenvalue weighted by molar-refractivity contribution is 0.0367. The van der Waals surface area contributed by atoms with E-state index in [0.717, 1.165) is 13.2 Å². The van der Waals surface area contributed by atoms with Gasteiger partial charge >= 0.3 is 0 Å². The summed E-state index contributed by atoms with van der Waals surface area (Å²) in [5.74, 6) is 0. The maximum absolute atomic E-state index is 4.72. The lowest BCUT2D eigenvalue weighted by Gasteiger charge is -2.09. The van der Waals surface area contributed by atoms with Crippen LogP contribution in [0.3, 0.4) is 0 Å². The molecule has 0 spiro atoms. The highest BCUT2D eigenvalue weighted by molar-refractivity contribution is 4.41. The molecule has 0 unspecified atom stereocenters. The van der Waals surface area contributed by atoms with E-state index in [-0.39, 0.29) is 0 Å². The van der Waals surface area contributed by atoms with E-state index in [4.69, 9.17) is 4.74 Å². The van der Waals surface area contributed by atoms with Crippen LogP contribution < -0.4 is 0 Å². The fourth-order valence-corrected chi connectivity index (χ4v) is 0.144. The van der Waals surface area contributed by atoms with Crippen molar-refractivity contribution < 1.29 is 9.47 Å². The Labute approximate surface area is 57.5 Å². The van der Waals surface area contributed by atoms with Crippen molar-refractivity contribution in [2.75, 3.05) is 27.4 Å². The molecule has 1 rings (SSSR count). The molecule has 56 valence electrons. The summed E-state index contributed by atoms with van der Waals surface area (Å²) in [7, 11) is 3.25. The van der Waals surface area contributed by atoms with Crippen molar-refractivity contribution in [3.8, 4) is 0 Å². The van der Waals surface area contributed by atoms with Gasteiger partial charge in [-0.15, -0.1) is 13.2 Å². The van der Waals surface area contributed by atoms with Crippen molar-refractivity contribution in [2.24, 2.45) is 0 Å². The van der Waals surface area contributed by atoms with Gasteiger partial charge in [-0.25, -0.2) is 0 Å². The molecule has 9 heavy (non-hydrogen) atoms. The first kappa shape index (κ1) is 11.5. The zero-order chi connectivity index (χ0) is 7.54. The molecule has 0 atom stereocenters. The zero-order valence-corrected chi connectivity index (χ0v) is 6.35. The normalized spacial score (nSPS) is 13.1. The van der Waals surface area contributed by atoms with Gasteiger partial charge in [-0.2, -0.15) is 0 Å². The van der Waals surface area contributed by atoms with Crippen LogP contribution in [0, 0.1) is 0 Å². The predicted molar refractivity (Wildman–Crippen MR) is 39.6 cm³/mol. The monoisotopic (exact) mass is 132 g/mol. The first-order chi connectivity index (χ1) is 4.41. The Balaban J connectivity index is 0. The SMILES string of the molecule is C1COC1.C=C.COC. The van der Waals surface area contributed by atoms with Crippen LogP contribution in [0.1, 0.15) is 6.42 Å². The molecular weight excluding hydrogens is 116 g/mol. The fourth-order valence-electron chi connectivity index (χ4n) is 0.144. The fraction of sp³-hybridized carbons (Fsp3) is 0.714. The van der Waals surface area contributed by atoms with Gasteiger partial charge in [-0.1, -0.05) is 0 Å². The Bertz CT molecular complexity index is 29.9. The second kappa shape index (κ2) is 15.6. The molecule has 2 nitrogen and oxygen atoms in total. The van der Waals surface area contributed by atoms with Gasteiger partial charge in [0.05, 0.1) is 0 Å². The van der Waals surface area contributed by atoms with Crippen LogP contribution in [0.25, 0.3) is 0 Å². The minimum Gasteiger partial charge on any atom is -0.388 e. The Morgan fingerprint density at radius 3 is 1.33 bits per heavy atom. The molecule has 0 aromatic carbocycles.